The van der Waals surface area contributed by atoms with E-state index in [1.807, 2.05) is 18.7 Å². The summed E-state index contributed by atoms with van der Waals surface area (Å²) in [6, 6.07) is 0. The van der Waals surface area contributed by atoms with Gasteiger partial charge in [-0.15, -0.1) is 0 Å². The molecule has 4 heteroatoms. The number of carbonyl (C=O) groups is 1. The van der Waals surface area contributed by atoms with Crippen molar-refractivity contribution in [3.05, 3.63) is 0 Å². The second-order valence-electron chi connectivity index (χ2n) is 3.50. The fraction of sp³-hybridized carbons (Fsp3) is 0.889. The minimum absolute atomic E-state index is 0.160. The molecule has 0 saturated carbocycles. The Morgan fingerprint density at radius 3 is 3.00 bits per heavy atom. The first kappa shape index (κ1) is 10.9. The fourth-order valence-corrected chi connectivity index (χ4v) is 2.66. The second-order valence-corrected chi connectivity index (χ2v) is 4.61. The first-order valence-electron chi connectivity index (χ1n) is 4.68. The average molecular weight is 203 g/mol. The lowest BCUT2D eigenvalue weighted by atomic mass is 9.93. The standard InChI is InChI=1S/C9H17NO2S/c1-2-12-8(11)6-9(10)4-3-5-13-7-9/h2-7,10H2,1H3. The van der Waals surface area contributed by atoms with Gasteiger partial charge >= 0.3 is 5.97 Å². The normalized spacial score (nSPS) is 28.5. The number of hydrogen-bond donors (Lipinski definition) is 1. The molecule has 0 spiro atoms. The van der Waals surface area contributed by atoms with Crippen molar-refractivity contribution in [2.24, 2.45) is 5.73 Å². The molecule has 0 radical (unpaired) electrons. The SMILES string of the molecule is CCOC(=O)CC1(N)CCCSC1. The van der Waals surface area contributed by atoms with Crippen LogP contribution in [0.3, 0.4) is 0 Å². The third kappa shape index (κ3) is 3.56. The second kappa shape index (κ2) is 4.86. The zero-order valence-corrected chi connectivity index (χ0v) is 8.86. The van der Waals surface area contributed by atoms with Gasteiger partial charge in [0, 0.05) is 11.3 Å². The third-order valence-electron chi connectivity index (χ3n) is 2.15. The Bertz CT molecular complexity index is 178. The number of nitrogens with two attached hydrogens (primary N) is 1. The minimum Gasteiger partial charge on any atom is -0.466 e. The number of ether oxygens (including phenoxy) is 1. The van der Waals surface area contributed by atoms with Gasteiger partial charge in [-0.2, -0.15) is 11.8 Å². The molecule has 0 aromatic carbocycles. The van der Waals surface area contributed by atoms with Crippen molar-refractivity contribution in [1.82, 2.24) is 0 Å². The van der Waals surface area contributed by atoms with Gasteiger partial charge in [0.2, 0.25) is 0 Å². The molecule has 0 aromatic rings. The van der Waals surface area contributed by atoms with Crippen LogP contribution >= 0.6 is 11.8 Å². The molecule has 0 aromatic heterocycles. The van der Waals surface area contributed by atoms with Crippen molar-refractivity contribution in [2.45, 2.75) is 31.7 Å². The Hall–Kier alpha value is -0.220. The van der Waals surface area contributed by atoms with Gasteiger partial charge in [-0.05, 0) is 25.5 Å². The summed E-state index contributed by atoms with van der Waals surface area (Å²) >= 11 is 1.83. The zero-order valence-electron chi connectivity index (χ0n) is 8.04. The molecule has 0 aliphatic carbocycles. The highest BCUT2D eigenvalue weighted by atomic mass is 32.2. The fourth-order valence-electron chi connectivity index (χ4n) is 1.51. The van der Waals surface area contributed by atoms with Crippen LogP contribution in [0.15, 0.2) is 0 Å². The van der Waals surface area contributed by atoms with Crippen molar-refractivity contribution < 1.29 is 9.53 Å². The van der Waals surface area contributed by atoms with E-state index >= 15 is 0 Å². The molecule has 2 N–H and O–H groups in total. The van der Waals surface area contributed by atoms with E-state index in [4.69, 9.17) is 10.5 Å². The van der Waals surface area contributed by atoms with Crippen LogP contribution in [0, 0.1) is 0 Å². The molecule has 76 valence electrons. The lowest BCUT2D eigenvalue weighted by Crippen LogP contribution is -2.46. The van der Waals surface area contributed by atoms with Crippen molar-refractivity contribution in [2.75, 3.05) is 18.1 Å². The minimum atomic E-state index is -0.310. The molecule has 0 amide bonds. The number of rotatable bonds is 3. The monoisotopic (exact) mass is 203 g/mol. The quantitative estimate of drug-likeness (QED) is 0.699. The van der Waals surface area contributed by atoms with Gasteiger partial charge in [-0.1, -0.05) is 0 Å². The molecular formula is C9H17NO2S. The van der Waals surface area contributed by atoms with Crippen molar-refractivity contribution in [1.29, 1.82) is 0 Å². The topological polar surface area (TPSA) is 52.3 Å². The number of hydrogen-bond acceptors (Lipinski definition) is 4. The average Bonchev–Trinajstić information content (AvgIpc) is 2.04. The highest BCUT2D eigenvalue weighted by Crippen LogP contribution is 2.27. The molecule has 1 rings (SSSR count). The largest absolute Gasteiger partial charge is 0.466 e. The molecule has 1 fully saturated rings. The van der Waals surface area contributed by atoms with E-state index in [0.717, 1.165) is 18.6 Å². The summed E-state index contributed by atoms with van der Waals surface area (Å²) in [5.41, 5.74) is 5.76. The van der Waals surface area contributed by atoms with Crippen LogP contribution in [-0.2, 0) is 9.53 Å². The highest BCUT2D eigenvalue weighted by molar-refractivity contribution is 7.99. The molecule has 13 heavy (non-hydrogen) atoms. The van der Waals surface area contributed by atoms with Gasteiger partial charge in [0.15, 0.2) is 0 Å². The van der Waals surface area contributed by atoms with E-state index in [2.05, 4.69) is 0 Å². The third-order valence-corrected chi connectivity index (χ3v) is 3.51. The van der Waals surface area contributed by atoms with Crippen molar-refractivity contribution >= 4 is 17.7 Å². The first-order valence-corrected chi connectivity index (χ1v) is 5.84. The Morgan fingerprint density at radius 1 is 1.69 bits per heavy atom. The van der Waals surface area contributed by atoms with Crippen LogP contribution in [0.2, 0.25) is 0 Å². The van der Waals surface area contributed by atoms with Crippen molar-refractivity contribution in [3.8, 4) is 0 Å². The predicted molar refractivity (Wildman–Crippen MR) is 54.7 cm³/mol. The number of carbonyl (C=O) groups excluding carboxylic acids is 1. The molecule has 1 unspecified atom stereocenters. The van der Waals surface area contributed by atoms with E-state index in [9.17, 15) is 4.79 Å². The molecule has 3 nitrogen and oxygen atoms in total. The maximum Gasteiger partial charge on any atom is 0.307 e. The van der Waals surface area contributed by atoms with Gasteiger partial charge in [-0.3, -0.25) is 4.79 Å². The summed E-state index contributed by atoms with van der Waals surface area (Å²) in [4.78, 5) is 11.2. The maximum absolute atomic E-state index is 11.2. The summed E-state index contributed by atoms with van der Waals surface area (Å²) < 4.78 is 4.88. The number of esters is 1. The summed E-state index contributed by atoms with van der Waals surface area (Å²) in [7, 11) is 0. The Balaban J connectivity index is 2.36. The number of thioether (sulfide) groups is 1. The van der Waals surface area contributed by atoms with Gasteiger partial charge in [0.05, 0.1) is 13.0 Å². The summed E-state index contributed by atoms with van der Waals surface area (Å²) in [5, 5.41) is 0. The van der Waals surface area contributed by atoms with Crippen LogP contribution in [0.1, 0.15) is 26.2 Å². The Labute approximate surface area is 83.4 Å². The molecular weight excluding hydrogens is 186 g/mol. The van der Waals surface area contributed by atoms with Crippen molar-refractivity contribution in [3.63, 3.8) is 0 Å². The molecule has 1 saturated heterocycles. The zero-order chi connectivity index (χ0) is 9.73. The molecule has 0 bridgehead atoms. The van der Waals surface area contributed by atoms with E-state index in [1.54, 1.807) is 0 Å². The van der Waals surface area contributed by atoms with E-state index in [0.29, 0.717) is 13.0 Å². The van der Waals surface area contributed by atoms with E-state index in [-0.39, 0.29) is 11.5 Å². The van der Waals surface area contributed by atoms with Crippen LogP contribution < -0.4 is 5.73 Å². The molecule has 1 aliphatic rings. The van der Waals surface area contributed by atoms with Crippen LogP contribution in [0.25, 0.3) is 0 Å². The lowest BCUT2D eigenvalue weighted by molar-refractivity contribution is -0.144. The molecule has 1 heterocycles. The van der Waals surface area contributed by atoms with E-state index in [1.165, 1.54) is 5.75 Å². The predicted octanol–water partition coefficient (Wildman–Crippen LogP) is 1.16. The molecule has 1 atom stereocenters. The lowest BCUT2D eigenvalue weighted by Gasteiger charge is -2.31. The maximum atomic E-state index is 11.2. The van der Waals surface area contributed by atoms with Crippen LogP contribution in [0.4, 0.5) is 0 Å². The van der Waals surface area contributed by atoms with E-state index < -0.39 is 0 Å². The summed E-state index contributed by atoms with van der Waals surface area (Å²) in [6.45, 7) is 2.26. The Kier molecular flexibility index (Phi) is 4.06. The van der Waals surface area contributed by atoms with Gasteiger partial charge in [0.25, 0.3) is 0 Å². The van der Waals surface area contributed by atoms with Gasteiger partial charge < -0.3 is 10.5 Å². The smallest absolute Gasteiger partial charge is 0.307 e. The highest BCUT2D eigenvalue weighted by Gasteiger charge is 2.30. The van der Waals surface area contributed by atoms with Gasteiger partial charge in [0.1, 0.15) is 0 Å². The molecule has 1 aliphatic heterocycles. The first-order chi connectivity index (χ1) is 6.16. The van der Waals surface area contributed by atoms with Crippen LogP contribution in [-0.4, -0.2) is 29.6 Å². The van der Waals surface area contributed by atoms with Crippen LogP contribution in [0.5, 0.6) is 0 Å². The Morgan fingerprint density at radius 2 is 2.46 bits per heavy atom. The van der Waals surface area contributed by atoms with Gasteiger partial charge in [-0.25, -0.2) is 0 Å². The summed E-state index contributed by atoms with van der Waals surface area (Å²) in [6.07, 6.45) is 2.42. The summed E-state index contributed by atoms with van der Waals surface area (Å²) in [5.74, 6) is 1.89.